The van der Waals surface area contributed by atoms with Crippen molar-refractivity contribution >= 4 is 17.7 Å². The second-order valence-electron chi connectivity index (χ2n) is 6.14. The fourth-order valence-electron chi connectivity index (χ4n) is 2.78. The van der Waals surface area contributed by atoms with Crippen LogP contribution in [0.15, 0.2) is 66.9 Å². The van der Waals surface area contributed by atoms with Crippen molar-refractivity contribution in [3.05, 3.63) is 89.5 Å². The lowest BCUT2D eigenvalue weighted by Gasteiger charge is -2.12. The minimum absolute atomic E-state index is 0.280. The van der Waals surface area contributed by atoms with Gasteiger partial charge in [-0.05, 0) is 48.0 Å². The standard InChI is InChI=1S/C21H20FN3O3/c1-28-20(26)16-6-3-8-18(12-16)24-21(27)23-13-19-9-4-10-25(19)14-15-5-2-7-17(22)11-15/h2-12H,13-14H2,1H3,(H2,23,24,27). The highest BCUT2D eigenvalue weighted by molar-refractivity contribution is 5.93. The molecule has 7 heteroatoms. The number of anilines is 1. The van der Waals surface area contributed by atoms with E-state index >= 15 is 0 Å². The van der Waals surface area contributed by atoms with E-state index in [0.29, 0.717) is 24.3 Å². The van der Waals surface area contributed by atoms with E-state index in [1.54, 1.807) is 24.3 Å². The number of carbonyl (C=O) groups is 2. The van der Waals surface area contributed by atoms with Gasteiger partial charge >= 0.3 is 12.0 Å². The van der Waals surface area contributed by atoms with Gasteiger partial charge in [-0.25, -0.2) is 14.0 Å². The first kappa shape index (κ1) is 19.2. The number of aromatic nitrogens is 1. The third-order valence-electron chi connectivity index (χ3n) is 4.14. The van der Waals surface area contributed by atoms with E-state index in [-0.39, 0.29) is 5.82 Å². The van der Waals surface area contributed by atoms with E-state index in [4.69, 9.17) is 0 Å². The molecule has 1 aromatic heterocycles. The molecular weight excluding hydrogens is 361 g/mol. The molecule has 2 N–H and O–H groups in total. The highest BCUT2D eigenvalue weighted by atomic mass is 19.1. The lowest BCUT2D eigenvalue weighted by atomic mass is 10.2. The minimum atomic E-state index is -0.473. The van der Waals surface area contributed by atoms with Crippen molar-refractivity contribution in [1.29, 1.82) is 0 Å². The van der Waals surface area contributed by atoms with Crippen LogP contribution in [0.4, 0.5) is 14.9 Å². The van der Waals surface area contributed by atoms with Gasteiger partial charge in [-0.3, -0.25) is 0 Å². The van der Waals surface area contributed by atoms with Crippen LogP contribution in [-0.4, -0.2) is 23.7 Å². The van der Waals surface area contributed by atoms with Crippen LogP contribution in [-0.2, 0) is 17.8 Å². The van der Waals surface area contributed by atoms with Crippen LogP contribution < -0.4 is 10.6 Å². The van der Waals surface area contributed by atoms with Crippen LogP contribution in [0.3, 0.4) is 0 Å². The van der Waals surface area contributed by atoms with Gasteiger partial charge in [0, 0.05) is 24.1 Å². The lowest BCUT2D eigenvalue weighted by Crippen LogP contribution is -2.29. The smallest absolute Gasteiger partial charge is 0.337 e. The average Bonchev–Trinajstić information content (AvgIpc) is 3.13. The van der Waals surface area contributed by atoms with Crippen molar-refractivity contribution in [2.45, 2.75) is 13.1 Å². The summed E-state index contributed by atoms with van der Waals surface area (Å²) in [6, 6.07) is 16.2. The number of hydrogen-bond donors (Lipinski definition) is 2. The molecule has 2 aromatic carbocycles. The maximum atomic E-state index is 13.4. The molecule has 6 nitrogen and oxygen atoms in total. The highest BCUT2D eigenvalue weighted by Gasteiger charge is 2.09. The molecule has 0 spiro atoms. The Morgan fingerprint density at radius 3 is 2.68 bits per heavy atom. The van der Waals surface area contributed by atoms with E-state index < -0.39 is 12.0 Å². The number of benzene rings is 2. The fraction of sp³-hybridized carbons (Fsp3) is 0.143. The Bertz CT molecular complexity index is 984. The summed E-state index contributed by atoms with van der Waals surface area (Å²) in [4.78, 5) is 23.7. The Labute approximate surface area is 161 Å². The van der Waals surface area contributed by atoms with Gasteiger partial charge in [0.15, 0.2) is 0 Å². The fourth-order valence-corrected chi connectivity index (χ4v) is 2.78. The number of methoxy groups -OCH3 is 1. The molecular formula is C21H20FN3O3. The summed E-state index contributed by atoms with van der Waals surface area (Å²) in [5, 5.41) is 5.46. The van der Waals surface area contributed by atoms with Crippen molar-refractivity contribution < 1.29 is 18.7 Å². The van der Waals surface area contributed by atoms with Gasteiger partial charge in [-0.2, -0.15) is 0 Å². The molecule has 2 amide bonds. The summed E-state index contributed by atoms with van der Waals surface area (Å²) < 4.78 is 20.0. The van der Waals surface area contributed by atoms with Crippen LogP contribution in [0.2, 0.25) is 0 Å². The Morgan fingerprint density at radius 1 is 1.07 bits per heavy atom. The number of nitrogens with zero attached hydrogens (tertiary/aromatic N) is 1. The van der Waals surface area contributed by atoms with Crippen LogP contribution >= 0.6 is 0 Å². The minimum Gasteiger partial charge on any atom is -0.465 e. The molecule has 0 unspecified atom stereocenters. The second kappa shape index (κ2) is 8.85. The molecule has 0 saturated carbocycles. The quantitative estimate of drug-likeness (QED) is 0.638. The molecule has 3 rings (SSSR count). The van der Waals surface area contributed by atoms with Gasteiger partial charge in [-0.1, -0.05) is 18.2 Å². The number of carbonyl (C=O) groups excluding carboxylic acids is 2. The first-order valence-electron chi connectivity index (χ1n) is 8.67. The van der Waals surface area contributed by atoms with Gasteiger partial charge in [0.2, 0.25) is 0 Å². The molecule has 0 saturated heterocycles. The van der Waals surface area contributed by atoms with Gasteiger partial charge in [0.05, 0.1) is 19.2 Å². The Balaban J connectivity index is 1.58. The van der Waals surface area contributed by atoms with Crippen molar-refractivity contribution in [3.63, 3.8) is 0 Å². The molecule has 0 fully saturated rings. The topological polar surface area (TPSA) is 72.4 Å². The van der Waals surface area contributed by atoms with Gasteiger partial charge in [-0.15, -0.1) is 0 Å². The first-order valence-corrected chi connectivity index (χ1v) is 8.67. The summed E-state index contributed by atoms with van der Waals surface area (Å²) >= 11 is 0. The molecule has 0 bridgehead atoms. The van der Waals surface area contributed by atoms with E-state index in [1.807, 2.05) is 29.0 Å². The van der Waals surface area contributed by atoms with Crippen molar-refractivity contribution in [2.24, 2.45) is 0 Å². The average molecular weight is 381 g/mol. The predicted molar refractivity (Wildman–Crippen MR) is 104 cm³/mol. The second-order valence-corrected chi connectivity index (χ2v) is 6.14. The van der Waals surface area contributed by atoms with Crippen LogP contribution in [0.5, 0.6) is 0 Å². The lowest BCUT2D eigenvalue weighted by molar-refractivity contribution is 0.0600. The molecule has 3 aromatic rings. The third kappa shape index (κ3) is 4.97. The summed E-state index contributed by atoms with van der Waals surface area (Å²) in [6.07, 6.45) is 1.87. The van der Waals surface area contributed by atoms with Crippen molar-refractivity contribution in [3.8, 4) is 0 Å². The van der Waals surface area contributed by atoms with Gasteiger partial charge in [0.25, 0.3) is 0 Å². The largest absolute Gasteiger partial charge is 0.465 e. The molecule has 0 aliphatic carbocycles. The SMILES string of the molecule is COC(=O)c1cccc(NC(=O)NCc2cccn2Cc2cccc(F)c2)c1. The Hall–Kier alpha value is -3.61. The number of amides is 2. The molecule has 1 heterocycles. The number of ether oxygens (including phenoxy) is 1. The van der Waals surface area contributed by atoms with Crippen LogP contribution in [0, 0.1) is 5.82 Å². The first-order chi connectivity index (χ1) is 13.5. The third-order valence-corrected chi connectivity index (χ3v) is 4.14. The van der Waals surface area contributed by atoms with Gasteiger partial charge < -0.3 is 19.9 Å². The monoisotopic (exact) mass is 381 g/mol. The zero-order valence-electron chi connectivity index (χ0n) is 15.3. The summed E-state index contributed by atoms with van der Waals surface area (Å²) in [5.74, 6) is -0.753. The normalized spacial score (nSPS) is 10.4. The number of nitrogens with one attached hydrogen (secondary N) is 2. The Morgan fingerprint density at radius 2 is 1.89 bits per heavy atom. The summed E-state index contributed by atoms with van der Waals surface area (Å²) in [6.45, 7) is 0.801. The summed E-state index contributed by atoms with van der Waals surface area (Å²) in [5.41, 5.74) is 2.55. The van der Waals surface area contributed by atoms with Crippen LogP contribution in [0.25, 0.3) is 0 Å². The zero-order chi connectivity index (χ0) is 19.9. The molecule has 0 aliphatic heterocycles. The van der Waals surface area contributed by atoms with Crippen molar-refractivity contribution in [1.82, 2.24) is 9.88 Å². The zero-order valence-corrected chi connectivity index (χ0v) is 15.3. The number of urea groups is 1. The number of esters is 1. The van der Waals surface area contributed by atoms with E-state index in [1.165, 1.54) is 25.3 Å². The maximum absolute atomic E-state index is 13.4. The predicted octanol–water partition coefficient (Wildman–Crippen LogP) is 3.78. The number of hydrogen-bond acceptors (Lipinski definition) is 3. The van der Waals surface area contributed by atoms with E-state index in [0.717, 1.165) is 11.3 Å². The van der Waals surface area contributed by atoms with E-state index in [9.17, 15) is 14.0 Å². The Kier molecular flexibility index (Phi) is 6.06. The maximum Gasteiger partial charge on any atom is 0.337 e. The van der Waals surface area contributed by atoms with E-state index in [2.05, 4.69) is 15.4 Å². The molecule has 144 valence electrons. The number of rotatable bonds is 6. The van der Waals surface area contributed by atoms with Crippen LogP contribution in [0.1, 0.15) is 21.6 Å². The van der Waals surface area contributed by atoms with Crippen molar-refractivity contribution in [2.75, 3.05) is 12.4 Å². The molecule has 0 aliphatic rings. The molecule has 0 radical (unpaired) electrons. The highest BCUT2D eigenvalue weighted by Crippen LogP contribution is 2.12. The summed E-state index contributed by atoms with van der Waals surface area (Å²) in [7, 11) is 1.30. The molecule has 28 heavy (non-hydrogen) atoms. The number of halogens is 1. The van der Waals surface area contributed by atoms with Gasteiger partial charge in [0.1, 0.15) is 5.82 Å². The molecule has 0 atom stereocenters.